The molecule has 38 heavy (non-hydrogen) atoms. The molecule has 0 aromatic heterocycles. The highest BCUT2D eigenvalue weighted by Gasteiger charge is 2.52. The monoisotopic (exact) mass is 563 g/mol. The van der Waals surface area contributed by atoms with Crippen molar-refractivity contribution in [2.75, 3.05) is 12.0 Å². The number of rotatable bonds is 8. The summed E-state index contributed by atoms with van der Waals surface area (Å²) in [4.78, 5) is 28.9. The van der Waals surface area contributed by atoms with Gasteiger partial charge in [-0.3, -0.25) is 15.0 Å². The molecule has 1 aromatic rings. The van der Waals surface area contributed by atoms with Crippen LogP contribution in [0.15, 0.2) is 47.5 Å². The fraction of sp³-hybridized carbons (Fsp3) is 0.458. The van der Waals surface area contributed by atoms with Crippen LogP contribution in [-0.2, 0) is 21.5 Å². The number of benzene rings is 1. The topological polar surface area (TPSA) is 99.8 Å². The first-order valence-corrected chi connectivity index (χ1v) is 12.8. The number of hydrogen-bond acceptors (Lipinski definition) is 6. The highest BCUT2D eigenvalue weighted by atomic mass is 32.2. The Kier molecular flexibility index (Phi) is 8.56. The van der Waals surface area contributed by atoms with E-state index in [-0.39, 0.29) is 11.6 Å². The zero-order valence-corrected chi connectivity index (χ0v) is 21.5. The standard InChI is InChI=1S/C24H27F6N5O2S/c1-13-10-15(11-35-21(24(28,29)30)33-20(34-35)23(25,26)27)7-8-16(13)22(19(31)37)9-5-4-6-17(22)18(36)32-14(2)12-38-3/h4-10,14,17,21H,11-12H2,1-3H3,(H2,31,37)(H,32,36)(H,33,34)/t14-,17?,21?,22?/m0/s1. The quantitative estimate of drug-likeness (QED) is 0.421. The van der Waals surface area contributed by atoms with Crippen molar-refractivity contribution < 1.29 is 35.9 Å². The zero-order valence-electron chi connectivity index (χ0n) is 20.7. The van der Waals surface area contributed by atoms with Gasteiger partial charge in [0.1, 0.15) is 5.41 Å². The second-order valence-corrected chi connectivity index (χ2v) is 10.0. The third kappa shape index (κ3) is 6.01. The lowest BCUT2D eigenvalue weighted by Crippen LogP contribution is -2.53. The Balaban J connectivity index is 1.94. The predicted octanol–water partition coefficient (Wildman–Crippen LogP) is 3.50. The van der Waals surface area contributed by atoms with E-state index in [0.29, 0.717) is 21.9 Å². The maximum Gasteiger partial charge on any atom is 0.450 e. The Hall–Kier alpha value is -3.00. The van der Waals surface area contributed by atoms with E-state index in [1.165, 1.54) is 36.0 Å². The van der Waals surface area contributed by atoms with Gasteiger partial charge in [-0.05, 0) is 36.8 Å². The third-order valence-electron chi connectivity index (χ3n) is 6.21. The second-order valence-electron chi connectivity index (χ2n) is 9.10. The molecule has 4 atom stereocenters. The summed E-state index contributed by atoms with van der Waals surface area (Å²) in [7, 11) is 0. The predicted molar refractivity (Wildman–Crippen MR) is 132 cm³/mol. The number of carbonyl (C=O) groups excluding carboxylic acids is 2. The minimum Gasteiger partial charge on any atom is -0.369 e. The van der Waals surface area contributed by atoms with E-state index in [9.17, 15) is 35.9 Å². The molecular formula is C24H27F6N5O2S. The molecule has 0 bridgehead atoms. The van der Waals surface area contributed by atoms with Crippen LogP contribution in [0.4, 0.5) is 26.3 Å². The van der Waals surface area contributed by atoms with Crippen LogP contribution >= 0.6 is 11.8 Å². The molecule has 0 saturated heterocycles. The average Bonchev–Trinajstić information content (AvgIpc) is 3.24. The van der Waals surface area contributed by atoms with Crippen molar-refractivity contribution in [2.24, 2.45) is 16.6 Å². The highest BCUT2D eigenvalue weighted by Crippen LogP contribution is 2.40. The van der Waals surface area contributed by atoms with Gasteiger partial charge >= 0.3 is 12.4 Å². The summed E-state index contributed by atoms with van der Waals surface area (Å²) in [5.41, 5.74) is 6.93. The Bertz CT molecular complexity index is 1170. The van der Waals surface area contributed by atoms with E-state index >= 15 is 0 Å². The summed E-state index contributed by atoms with van der Waals surface area (Å²) >= 11 is 1.53. The number of alkyl halides is 6. The minimum atomic E-state index is -5.09. The molecule has 14 heteroatoms. The maximum atomic E-state index is 13.4. The molecule has 4 N–H and O–H groups in total. The van der Waals surface area contributed by atoms with Crippen LogP contribution in [0.25, 0.3) is 0 Å². The number of hydrogen-bond donors (Lipinski definition) is 3. The van der Waals surface area contributed by atoms with Gasteiger partial charge in [-0.1, -0.05) is 42.5 Å². The van der Waals surface area contributed by atoms with E-state index in [0.717, 1.165) is 0 Å². The normalized spacial score (nSPS) is 24.6. The Labute approximate surface area is 219 Å². The van der Waals surface area contributed by atoms with Gasteiger partial charge in [-0.2, -0.15) is 43.1 Å². The number of nitrogens with zero attached hydrogens (tertiary/aromatic N) is 2. The van der Waals surface area contributed by atoms with Gasteiger partial charge in [-0.15, -0.1) is 0 Å². The number of thioether (sulfide) groups is 1. The molecule has 0 saturated carbocycles. The summed E-state index contributed by atoms with van der Waals surface area (Å²) in [6.07, 6.45) is -4.75. The Morgan fingerprint density at radius 3 is 2.47 bits per heavy atom. The molecule has 0 radical (unpaired) electrons. The van der Waals surface area contributed by atoms with Crippen molar-refractivity contribution in [3.8, 4) is 0 Å². The number of amidine groups is 1. The van der Waals surface area contributed by atoms with Gasteiger partial charge in [0.2, 0.25) is 23.8 Å². The van der Waals surface area contributed by atoms with E-state index in [4.69, 9.17) is 5.73 Å². The molecule has 0 fully saturated rings. The number of amides is 2. The van der Waals surface area contributed by atoms with Crippen LogP contribution in [0.1, 0.15) is 23.6 Å². The molecular weight excluding hydrogens is 536 g/mol. The number of hydrazine groups is 1. The molecule has 3 rings (SSSR count). The molecule has 2 amide bonds. The van der Waals surface area contributed by atoms with Crippen molar-refractivity contribution in [3.63, 3.8) is 0 Å². The summed E-state index contributed by atoms with van der Waals surface area (Å²) in [5, 5.41) is 3.21. The van der Waals surface area contributed by atoms with Gasteiger partial charge in [0.05, 0.1) is 5.92 Å². The van der Waals surface area contributed by atoms with Crippen LogP contribution in [-0.4, -0.2) is 59.2 Å². The van der Waals surface area contributed by atoms with Crippen LogP contribution in [0.5, 0.6) is 0 Å². The molecule has 3 unspecified atom stereocenters. The third-order valence-corrected chi connectivity index (χ3v) is 7.04. The fourth-order valence-corrected chi connectivity index (χ4v) is 5.18. The first kappa shape index (κ1) is 29.6. The van der Waals surface area contributed by atoms with E-state index in [2.05, 4.69) is 10.3 Å². The van der Waals surface area contributed by atoms with Crippen LogP contribution in [0.2, 0.25) is 0 Å². The van der Waals surface area contributed by atoms with Crippen molar-refractivity contribution in [3.05, 3.63) is 59.2 Å². The Morgan fingerprint density at radius 2 is 1.92 bits per heavy atom. The van der Waals surface area contributed by atoms with Gasteiger partial charge < -0.3 is 11.1 Å². The zero-order chi connectivity index (χ0) is 28.5. The number of halogens is 6. The van der Waals surface area contributed by atoms with Crippen LogP contribution in [0, 0.1) is 12.8 Å². The van der Waals surface area contributed by atoms with Gasteiger partial charge in [0.15, 0.2) is 0 Å². The first-order chi connectivity index (χ1) is 17.6. The molecule has 1 aromatic carbocycles. The number of primary amides is 1. The lowest BCUT2D eigenvalue weighted by atomic mass is 9.65. The SMILES string of the molecule is CSC[C@H](C)NC(=O)C1C=CC=CC1(C(N)=O)c1ccc(CN2NC(C(F)(F)F)=NC2C(F)(F)F)cc1C. The first-order valence-electron chi connectivity index (χ1n) is 11.4. The van der Waals surface area contributed by atoms with Crippen LogP contribution in [0.3, 0.4) is 0 Å². The largest absolute Gasteiger partial charge is 0.450 e. The lowest BCUT2D eigenvalue weighted by molar-refractivity contribution is -0.183. The number of aliphatic imine (C=N–C) groups is 1. The second kappa shape index (κ2) is 11.0. The number of nitrogens with two attached hydrogens (primary N) is 1. The number of allylic oxidation sites excluding steroid dienone is 2. The Morgan fingerprint density at radius 1 is 1.24 bits per heavy atom. The van der Waals surface area contributed by atoms with Gasteiger partial charge in [-0.25, -0.2) is 4.99 Å². The van der Waals surface area contributed by atoms with E-state index < -0.39 is 54.0 Å². The summed E-state index contributed by atoms with van der Waals surface area (Å²) < 4.78 is 79.3. The fourth-order valence-electron chi connectivity index (χ4n) is 4.60. The molecule has 208 valence electrons. The highest BCUT2D eigenvalue weighted by molar-refractivity contribution is 7.98. The summed E-state index contributed by atoms with van der Waals surface area (Å²) in [5.74, 6) is -3.35. The smallest absolute Gasteiger partial charge is 0.369 e. The van der Waals surface area contributed by atoms with Gasteiger partial charge in [0.25, 0.3) is 0 Å². The number of aryl methyl sites for hydroxylation is 1. The summed E-state index contributed by atoms with van der Waals surface area (Å²) in [6, 6.07) is 4.09. The number of carbonyl (C=O) groups is 2. The lowest BCUT2D eigenvalue weighted by Gasteiger charge is -2.37. The molecule has 1 heterocycles. The van der Waals surface area contributed by atoms with E-state index in [1.807, 2.05) is 13.2 Å². The van der Waals surface area contributed by atoms with Crippen molar-refractivity contribution in [1.29, 1.82) is 0 Å². The molecule has 0 spiro atoms. The van der Waals surface area contributed by atoms with Crippen molar-refractivity contribution >= 4 is 29.4 Å². The average molecular weight is 564 g/mol. The minimum absolute atomic E-state index is 0.191. The summed E-state index contributed by atoms with van der Waals surface area (Å²) in [6.45, 7) is 2.82. The molecule has 1 aliphatic heterocycles. The van der Waals surface area contributed by atoms with Crippen molar-refractivity contribution in [1.82, 2.24) is 15.8 Å². The molecule has 7 nitrogen and oxygen atoms in total. The maximum absolute atomic E-state index is 13.4. The van der Waals surface area contributed by atoms with Gasteiger partial charge in [0, 0.05) is 18.3 Å². The van der Waals surface area contributed by atoms with Crippen LogP contribution < -0.4 is 16.5 Å². The molecule has 1 aliphatic carbocycles. The van der Waals surface area contributed by atoms with E-state index in [1.54, 1.807) is 30.6 Å². The number of nitrogens with one attached hydrogen (secondary N) is 2. The van der Waals surface area contributed by atoms with Crippen molar-refractivity contribution in [2.45, 2.75) is 50.4 Å². The molecule has 2 aliphatic rings.